The Morgan fingerprint density at radius 1 is 1.41 bits per heavy atom. The fraction of sp³-hybridized carbons (Fsp3) is 0.417. The predicted molar refractivity (Wildman–Crippen MR) is 69.7 cm³/mol. The lowest BCUT2D eigenvalue weighted by atomic mass is 10.0. The van der Waals surface area contributed by atoms with Gasteiger partial charge in [0.05, 0.1) is 6.10 Å². The third kappa shape index (κ3) is 2.73. The second-order valence-electron chi connectivity index (χ2n) is 4.24. The minimum atomic E-state index is -0.339. The molecule has 1 aromatic rings. The number of hydrogen-bond donors (Lipinski definition) is 2. The number of anilines is 1. The maximum absolute atomic E-state index is 13.2. The average molecular weight is 254 g/mol. The summed E-state index contributed by atoms with van der Waals surface area (Å²) in [5.41, 5.74) is 7.02. The summed E-state index contributed by atoms with van der Waals surface area (Å²) in [5.74, 6) is -0.339. The Labute approximate surface area is 105 Å². The highest BCUT2D eigenvalue weighted by molar-refractivity contribution is 7.80. The lowest BCUT2D eigenvalue weighted by molar-refractivity contribution is 0.145. The number of halogens is 1. The largest absolute Gasteiger partial charge is 0.393 e. The lowest BCUT2D eigenvalue weighted by Gasteiger charge is -2.32. The highest BCUT2D eigenvalue weighted by Gasteiger charge is 2.20. The van der Waals surface area contributed by atoms with Crippen molar-refractivity contribution in [1.29, 1.82) is 0 Å². The third-order valence-corrected chi connectivity index (χ3v) is 3.25. The van der Waals surface area contributed by atoms with E-state index in [2.05, 4.69) is 4.90 Å². The van der Waals surface area contributed by atoms with Crippen LogP contribution in [0.3, 0.4) is 0 Å². The molecule has 0 atom stereocenters. The molecule has 0 aromatic heterocycles. The van der Waals surface area contributed by atoms with E-state index in [9.17, 15) is 9.50 Å². The highest BCUT2D eigenvalue weighted by Crippen LogP contribution is 2.25. The molecule has 0 spiro atoms. The molecule has 0 amide bonds. The van der Waals surface area contributed by atoms with Gasteiger partial charge in [0.15, 0.2) is 0 Å². The van der Waals surface area contributed by atoms with Crippen LogP contribution in [0, 0.1) is 5.82 Å². The van der Waals surface area contributed by atoms with E-state index < -0.39 is 0 Å². The molecule has 1 fully saturated rings. The van der Waals surface area contributed by atoms with Gasteiger partial charge in [-0.05, 0) is 31.0 Å². The molecule has 0 saturated carbocycles. The van der Waals surface area contributed by atoms with E-state index in [1.807, 2.05) is 0 Å². The predicted octanol–water partition coefficient (Wildman–Crippen LogP) is 1.42. The van der Waals surface area contributed by atoms with Gasteiger partial charge in [-0.2, -0.15) is 0 Å². The molecule has 1 aliphatic heterocycles. The summed E-state index contributed by atoms with van der Waals surface area (Å²) < 4.78 is 13.2. The summed E-state index contributed by atoms with van der Waals surface area (Å²) in [7, 11) is 0. The summed E-state index contributed by atoms with van der Waals surface area (Å²) in [6.07, 6.45) is 1.20. The van der Waals surface area contributed by atoms with Gasteiger partial charge in [0.25, 0.3) is 0 Å². The van der Waals surface area contributed by atoms with Crippen molar-refractivity contribution in [2.75, 3.05) is 18.0 Å². The SMILES string of the molecule is NC(=S)c1cc(F)ccc1N1CCC(O)CC1. The molecular weight excluding hydrogens is 239 g/mol. The second kappa shape index (κ2) is 4.98. The van der Waals surface area contributed by atoms with E-state index in [0.29, 0.717) is 18.4 Å². The molecule has 0 radical (unpaired) electrons. The van der Waals surface area contributed by atoms with E-state index >= 15 is 0 Å². The van der Waals surface area contributed by atoms with E-state index in [1.165, 1.54) is 12.1 Å². The molecule has 0 bridgehead atoms. The van der Waals surface area contributed by atoms with Gasteiger partial charge in [0.2, 0.25) is 0 Å². The first-order chi connectivity index (χ1) is 8.08. The molecule has 1 saturated heterocycles. The van der Waals surface area contributed by atoms with Crippen molar-refractivity contribution in [2.45, 2.75) is 18.9 Å². The number of hydrogen-bond acceptors (Lipinski definition) is 3. The number of rotatable bonds is 2. The van der Waals surface area contributed by atoms with Gasteiger partial charge in [0, 0.05) is 24.3 Å². The molecule has 2 rings (SSSR count). The Hall–Kier alpha value is -1.20. The molecule has 3 N–H and O–H groups in total. The van der Waals surface area contributed by atoms with E-state index in [0.717, 1.165) is 18.8 Å². The molecule has 3 nitrogen and oxygen atoms in total. The van der Waals surface area contributed by atoms with Crippen LogP contribution in [-0.2, 0) is 0 Å². The van der Waals surface area contributed by atoms with Crippen molar-refractivity contribution < 1.29 is 9.50 Å². The molecule has 92 valence electrons. The quantitative estimate of drug-likeness (QED) is 0.784. The van der Waals surface area contributed by atoms with Crippen LogP contribution in [0.1, 0.15) is 18.4 Å². The molecule has 0 aliphatic carbocycles. The minimum Gasteiger partial charge on any atom is -0.393 e. The standard InChI is InChI=1S/C12H15FN2OS/c13-8-1-2-11(10(7-8)12(14)17)15-5-3-9(16)4-6-15/h1-2,7,9,16H,3-6H2,(H2,14,17). The van der Waals surface area contributed by atoms with Gasteiger partial charge in [-0.15, -0.1) is 0 Å². The third-order valence-electron chi connectivity index (χ3n) is 3.03. The molecular formula is C12H15FN2OS. The van der Waals surface area contributed by atoms with E-state index in [-0.39, 0.29) is 16.9 Å². The fourth-order valence-electron chi connectivity index (χ4n) is 2.09. The summed E-state index contributed by atoms with van der Waals surface area (Å²) >= 11 is 4.94. The Balaban J connectivity index is 2.28. The van der Waals surface area contributed by atoms with Crippen LogP contribution >= 0.6 is 12.2 Å². The average Bonchev–Trinajstić information content (AvgIpc) is 2.30. The number of aliphatic hydroxyl groups is 1. The lowest BCUT2D eigenvalue weighted by Crippen LogP contribution is -2.37. The second-order valence-corrected chi connectivity index (χ2v) is 4.68. The van der Waals surface area contributed by atoms with Gasteiger partial charge in [-0.1, -0.05) is 12.2 Å². The van der Waals surface area contributed by atoms with Crippen LogP contribution < -0.4 is 10.6 Å². The topological polar surface area (TPSA) is 49.5 Å². The Morgan fingerprint density at radius 2 is 2.06 bits per heavy atom. The van der Waals surface area contributed by atoms with Crippen LogP contribution in [0.25, 0.3) is 0 Å². The van der Waals surface area contributed by atoms with Gasteiger partial charge in [-0.3, -0.25) is 0 Å². The van der Waals surface area contributed by atoms with Crippen LogP contribution in [0.15, 0.2) is 18.2 Å². The summed E-state index contributed by atoms with van der Waals surface area (Å²) in [5, 5.41) is 9.46. The maximum atomic E-state index is 13.2. The van der Waals surface area contributed by atoms with Crippen LogP contribution in [-0.4, -0.2) is 29.3 Å². The van der Waals surface area contributed by atoms with E-state index in [1.54, 1.807) is 6.07 Å². The molecule has 17 heavy (non-hydrogen) atoms. The van der Waals surface area contributed by atoms with Gasteiger partial charge in [0.1, 0.15) is 10.8 Å². The molecule has 1 aliphatic rings. The van der Waals surface area contributed by atoms with Crippen molar-refractivity contribution in [1.82, 2.24) is 0 Å². The zero-order chi connectivity index (χ0) is 12.4. The monoisotopic (exact) mass is 254 g/mol. The van der Waals surface area contributed by atoms with Crippen molar-refractivity contribution in [2.24, 2.45) is 5.73 Å². The first kappa shape index (κ1) is 12.3. The Bertz CT molecular complexity index is 431. The number of nitrogens with zero attached hydrogens (tertiary/aromatic N) is 1. The zero-order valence-corrected chi connectivity index (χ0v) is 10.2. The first-order valence-electron chi connectivity index (χ1n) is 5.60. The van der Waals surface area contributed by atoms with Crippen LogP contribution in [0.4, 0.5) is 10.1 Å². The maximum Gasteiger partial charge on any atom is 0.124 e. The minimum absolute atomic E-state index is 0.200. The van der Waals surface area contributed by atoms with Crippen molar-refractivity contribution in [3.63, 3.8) is 0 Å². The fourth-order valence-corrected chi connectivity index (χ4v) is 2.25. The van der Waals surface area contributed by atoms with E-state index in [4.69, 9.17) is 18.0 Å². The van der Waals surface area contributed by atoms with Crippen molar-refractivity contribution in [3.8, 4) is 0 Å². The highest BCUT2D eigenvalue weighted by atomic mass is 32.1. The van der Waals surface area contributed by atoms with Gasteiger partial charge in [-0.25, -0.2) is 4.39 Å². The summed E-state index contributed by atoms with van der Waals surface area (Å²) in [6.45, 7) is 1.48. The van der Waals surface area contributed by atoms with Crippen LogP contribution in [0.5, 0.6) is 0 Å². The Kier molecular flexibility index (Phi) is 3.59. The normalized spacial score (nSPS) is 17.2. The van der Waals surface area contributed by atoms with Crippen molar-refractivity contribution >= 4 is 22.9 Å². The summed E-state index contributed by atoms with van der Waals surface area (Å²) in [4.78, 5) is 2.28. The number of thiocarbonyl (C=S) groups is 1. The molecule has 0 unspecified atom stereocenters. The number of piperidine rings is 1. The molecule has 1 aromatic carbocycles. The first-order valence-corrected chi connectivity index (χ1v) is 6.01. The smallest absolute Gasteiger partial charge is 0.124 e. The number of benzene rings is 1. The van der Waals surface area contributed by atoms with Gasteiger partial charge >= 0.3 is 0 Å². The zero-order valence-electron chi connectivity index (χ0n) is 9.40. The van der Waals surface area contributed by atoms with Gasteiger partial charge < -0.3 is 15.7 Å². The Morgan fingerprint density at radius 3 is 2.65 bits per heavy atom. The molecule has 5 heteroatoms. The summed E-state index contributed by atoms with van der Waals surface area (Å²) in [6, 6.07) is 4.46. The number of nitrogens with two attached hydrogens (primary N) is 1. The van der Waals surface area contributed by atoms with Crippen molar-refractivity contribution in [3.05, 3.63) is 29.6 Å². The molecule has 1 heterocycles. The van der Waals surface area contributed by atoms with Crippen LogP contribution in [0.2, 0.25) is 0 Å². The number of aliphatic hydroxyl groups excluding tert-OH is 1.